The number of carbonyl (C=O) groups excluding carboxylic acids is 2. The Labute approximate surface area is 155 Å². The van der Waals surface area contributed by atoms with Gasteiger partial charge in [-0.2, -0.15) is 13.2 Å². The van der Waals surface area contributed by atoms with Gasteiger partial charge in [-0.05, 0) is 32.7 Å². The normalized spacial score (nSPS) is 12.8. The highest BCUT2D eigenvalue weighted by Gasteiger charge is 2.38. The predicted molar refractivity (Wildman–Crippen MR) is 87.6 cm³/mol. The fourth-order valence-corrected chi connectivity index (χ4v) is 1.53. The van der Waals surface area contributed by atoms with Gasteiger partial charge < -0.3 is 26.6 Å². The predicted octanol–water partition coefficient (Wildman–Crippen LogP) is 0.218. The number of nitrogens with two attached hydrogens (primary N) is 1. The molecule has 0 aliphatic rings. The molecule has 0 aromatic rings. The van der Waals surface area contributed by atoms with Crippen molar-refractivity contribution in [3.63, 3.8) is 0 Å². The number of carboxylic acids is 2. The van der Waals surface area contributed by atoms with E-state index in [-0.39, 0.29) is 11.2 Å². The first kappa shape index (κ1) is 26.3. The molecule has 0 rings (SSSR count). The van der Waals surface area contributed by atoms with E-state index in [9.17, 15) is 27.6 Å². The molecule has 0 aromatic heterocycles. The number of hydrogen-bond acceptors (Lipinski definition) is 5. The van der Waals surface area contributed by atoms with E-state index in [1.807, 2.05) is 0 Å². The van der Waals surface area contributed by atoms with E-state index in [0.717, 1.165) is 6.42 Å². The molecule has 0 heterocycles. The van der Waals surface area contributed by atoms with Crippen molar-refractivity contribution in [2.45, 2.75) is 44.4 Å². The van der Waals surface area contributed by atoms with Crippen LogP contribution in [-0.4, -0.2) is 64.1 Å². The molecule has 0 unspecified atom stereocenters. The van der Waals surface area contributed by atoms with Crippen molar-refractivity contribution in [2.24, 2.45) is 5.73 Å². The second kappa shape index (κ2) is 13.3. The van der Waals surface area contributed by atoms with Crippen LogP contribution in [-0.2, 0) is 19.2 Å². The summed E-state index contributed by atoms with van der Waals surface area (Å²) < 4.78 is 31.7. The lowest BCUT2D eigenvalue weighted by molar-refractivity contribution is -0.192. The lowest BCUT2D eigenvalue weighted by Gasteiger charge is -2.19. The van der Waals surface area contributed by atoms with Gasteiger partial charge in [-0.25, -0.2) is 4.79 Å². The molecule has 6 N–H and O–H groups in total. The maximum atomic E-state index is 11.9. The van der Waals surface area contributed by atoms with E-state index in [4.69, 9.17) is 20.7 Å². The summed E-state index contributed by atoms with van der Waals surface area (Å²) in [6, 6.07) is -1.73. The van der Waals surface area contributed by atoms with Crippen molar-refractivity contribution in [2.75, 3.05) is 11.9 Å². The maximum Gasteiger partial charge on any atom is 0.490 e. The quantitative estimate of drug-likeness (QED) is 0.247. The molecule has 0 saturated heterocycles. The Hall–Kier alpha value is -1.89. The van der Waals surface area contributed by atoms with Crippen molar-refractivity contribution in [3.8, 4) is 0 Å². The van der Waals surface area contributed by atoms with Gasteiger partial charge in [-0.15, -0.1) is 0 Å². The van der Waals surface area contributed by atoms with Crippen molar-refractivity contribution in [3.05, 3.63) is 0 Å². The zero-order valence-electron chi connectivity index (χ0n) is 13.8. The van der Waals surface area contributed by atoms with Gasteiger partial charge in [-0.3, -0.25) is 14.4 Å². The van der Waals surface area contributed by atoms with E-state index < -0.39 is 36.1 Å². The third-order valence-electron chi connectivity index (χ3n) is 2.69. The molecule has 26 heavy (non-hydrogen) atoms. The Bertz CT molecular complexity index is 490. The highest BCUT2D eigenvalue weighted by atomic mass is 79.9. The van der Waals surface area contributed by atoms with Gasteiger partial charge in [0.25, 0.3) is 0 Å². The smallest absolute Gasteiger partial charge is 0.480 e. The summed E-state index contributed by atoms with van der Waals surface area (Å²) in [6.07, 6.45) is -3.24. The third kappa shape index (κ3) is 13.4. The molecular formula is C13H21BrF3N3O6. The highest BCUT2D eigenvalue weighted by Crippen LogP contribution is 2.13. The van der Waals surface area contributed by atoms with Crippen molar-refractivity contribution < 1.29 is 42.6 Å². The number of aliphatic carboxylic acids is 2. The molecule has 0 aromatic carbocycles. The number of hydrogen-bond donors (Lipinski definition) is 5. The largest absolute Gasteiger partial charge is 0.490 e. The molecule has 2 amide bonds. The summed E-state index contributed by atoms with van der Waals surface area (Å²) in [5, 5.41) is 20.8. The van der Waals surface area contributed by atoms with Crippen LogP contribution in [0.1, 0.15) is 26.2 Å². The number of unbranched alkanes of at least 4 members (excludes halogenated alkanes) is 1. The monoisotopic (exact) mass is 451 g/mol. The zero-order valence-corrected chi connectivity index (χ0v) is 15.4. The molecule has 9 nitrogen and oxygen atoms in total. The van der Waals surface area contributed by atoms with E-state index in [0.29, 0.717) is 19.4 Å². The van der Waals surface area contributed by atoms with E-state index in [1.165, 1.54) is 6.92 Å². The van der Waals surface area contributed by atoms with Crippen LogP contribution >= 0.6 is 15.9 Å². The summed E-state index contributed by atoms with van der Waals surface area (Å²) >= 11 is 2.99. The van der Waals surface area contributed by atoms with Gasteiger partial charge in [0.15, 0.2) is 0 Å². The van der Waals surface area contributed by atoms with Crippen LogP contribution in [0.4, 0.5) is 13.2 Å². The second-order valence-electron chi connectivity index (χ2n) is 4.91. The Morgan fingerprint density at radius 2 is 1.62 bits per heavy atom. The molecule has 0 fully saturated rings. The van der Waals surface area contributed by atoms with E-state index >= 15 is 0 Å². The summed E-state index contributed by atoms with van der Waals surface area (Å²) in [7, 11) is 0. The van der Waals surface area contributed by atoms with Gasteiger partial charge in [0, 0.05) is 0 Å². The minimum absolute atomic E-state index is 0.0855. The van der Waals surface area contributed by atoms with Crippen LogP contribution < -0.4 is 16.4 Å². The van der Waals surface area contributed by atoms with E-state index in [1.54, 1.807) is 0 Å². The topological polar surface area (TPSA) is 159 Å². The summed E-state index contributed by atoms with van der Waals surface area (Å²) in [5.74, 6) is -4.70. The average Bonchev–Trinajstić information content (AvgIpc) is 2.53. The Kier molecular flexibility index (Phi) is 13.5. The number of rotatable bonds is 9. The number of halogens is 4. The second-order valence-corrected chi connectivity index (χ2v) is 5.47. The Balaban J connectivity index is 0. The van der Waals surface area contributed by atoms with Crippen molar-refractivity contribution >= 4 is 39.7 Å². The molecule has 0 bridgehead atoms. The minimum Gasteiger partial charge on any atom is -0.480 e. The molecular weight excluding hydrogens is 431 g/mol. The first-order valence-electron chi connectivity index (χ1n) is 7.25. The van der Waals surface area contributed by atoms with Crippen molar-refractivity contribution in [1.82, 2.24) is 10.6 Å². The van der Waals surface area contributed by atoms with Crippen LogP contribution in [0.5, 0.6) is 0 Å². The SMILES string of the molecule is C[C@@H](NC(=O)[C@H](CCCCN)NC(=O)CBr)C(=O)O.O=C(O)C(F)(F)F. The highest BCUT2D eigenvalue weighted by molar-refractivity contribution is 9.09. The lowest BCUT2D eigenvalue weighted by Crippen LogP contribution is -2.51. The minimum atomic E-state index is -5.08. The molecule has 0 aliphatic carbocycles. The summed E-state index contributed by atoms with van der Waals surface area (Å²) in [4.78, 5) is 42.7. The first-order chi connectivity index (χ1) is 11.9. The van der Waals surface area contributed by atoms with Gasteiger partial charge >= 0.3 is 18.1 Å². The van der Waals surface area contributed by atoms with Gasteiger partial charge in [0.2, 0.25) is 11.8 Å². The molecule has 0 spiro atoms. The van der Waals surface area contributed by atoms with Crippen LogP contribution in [0, 0.1) is 0 Å². The fourth-order valence-electron chi connectivity index (χ4n) is 1.37. The molecule has 13 heteroatoms. The number of carboxylic acid groups (broad SMARTS) is 2. The summed E-state index contributed by atoms with van der Waals surface area (Å²) in [6.45, 7) is 1.87. The average molecular weight is 452 g/mol. The van der Waals surface area contributed by atoms with Crippen LogP contribution in [0.3, 0.4) is 0 Å². The summed E-state index contributed by atoms with van der Waals surface area (Å²) in [5.41, 5.74) is 5.37. The van der Waals surface area contributed by atoms with Crippen LogP contribution in [0.15, 0.2) is 0 Å². The number of amides is 2. The number of alkyl halides is 4. The molecule has 2 atom stereocenters. The number of carbonyl (C=O) groups is 4. The molecule has 0 saturated carbocycles. The van der Waals surface area contributed by atoms with Crippen LogP contribution in [0.2, 0.25) is 0 Å². The molecule has 152 valence electrons. The van der Waals surface area contributed by atoms with E-state index in [2.05, 4.69) is 26.6 Å². The molecule has 0 radical (unpaired) electrons. The third-order valence-corrected chi connectivity index (χ3v) is 3.20. The van der Waals surface area contributed by atoms with Gasteiger partial charge in [0.05, 0.1) is 5.33 Å². The van der Waals surface area contributed by atoms with Crippen molar-refractivity contribution in [1.29, 1.82) is 0 Å². The van der Waals surface area contributed by atoms with Crippen LogP contribution in [0.25, 0.3) is 0 Å². The lowest BCUT2D eigenvalue weighted by atomic mass is 10.1. The fraction of sp³-hybridized carbons (Fsp3) is 0.692. The van der Waals surface area contributed by atoms with Gasteiger partial charge in [-0.1, -0.05) is 15.9 Å². The first-order valence-corrected chi connectivity index (χ1v) is 8.37. The zero-order chi connectivity index (χ0) is 20.9. The molecule has 0 aliphatic heterocycles. The van der Waals surface area contributed by atoms with Gasteiger partial charge in [0.1, 0.15) is 12.1 Å². The Morgan fingerprint density at radius 1 is 1.12 bits per heavy atom. The maximum absolute atomic E-state index is 11.9. The Morgan fingerprint density at radius 3 is 1.96 bits per heavy atom. The standard InChI is InChI=1S/C11H20BrN3O4.C2HF3O2/c1-7(11(18)19)14-10(17)8(4-2-3-5-13)15-9(16)6-12;3-2(4,5)1(6)7/h7-8H,2-6,13H2,1H3,(H,14,17)(H,15,16)(H,18,19);(H,6,7)/t7-,8+;/m1./s1. The number of nitrogens with one attached hydrogen (secondary N) is 2.